The Kier molecular flexibility index (Phi) is 4.36. The van der Waals surface area contributed by atoms with Crippen LogP contribution in [0.15, 0.2) is 50.4 Å². The smallest absolute Gasteiger partial charge is 0.274 e. The SMILES string of the molecule is COc1cc(-c2c3oc4cc(=O)ccc4c3[nH]c3c2c(=O)[nH]n3C2CCCCC2)ccc1O. The first-order valence-electron chi connectivity index (χ1n) is 11.2. The number of H-pyrrole nitrogens is 2. The van der Waals surface area contributed by atoms with E-state index in [1.54, 1.807) is 18.2 Å². The van der Waals surface area contributed by atoms with Gasteiger partial charge in [0.15, 0.2) is 22.5 Å². The topological polar surface area (TPSA) is 113 Å². The van der Waals surface area contributed by atoms with Gasteiger partial charge in [0.1, 0.15) is 11.2 Å². The zero-order chi connectivity index (χ0) is 22.7. The number of benzene rings is 2. The largest absolute Gasteiger partial charge is 0.504 e. The summed E-state index contributed by atoms with van der Waals surface area (Å²) in [5.41, 5.74) is 3.22. The summed E-state index contributed by atoms with van der Waals surface area (Å²) in [5.74, 6) is 0.299. The number of phenolic OH excluding ortho intramolecular Hbond substituents is 1. The molecule has 8 heteroatoms. The number of aromatic nitrogens is 3. The monoisotopic (exact) mass is 445 g/mol. The molecule has 1 aliphatic carbocycles. The Hall–Kier alpha value is -3.94. The molecule has 3 aromatic heterocycles. The van der Waals surface area contributed by atoms with Crippen LogP contribution >= 0.6 is 0 Å². The van der Waals surface area contributed by atoms with Crippen molar-refractivity contribution in [1.29, 1.82) is 0 Å². The molecule has 33 heavy (non-hydrogen) atoms. The maximum Gasteiger partial charge on any atom is 0.274 e. The lowest BCUT2D eigenvalue weighted by Crippen LogP contribution is -2.16. The molecule has 0 bridgehead atoms. The second-order valence-electron chi connectivity index (χ2n) is 8.68. The second-order valence-corrected chi connectivity index (χ2v) is 8.68. The zero-order valence-corrected chi connectivity index (χ0v) is 18.1. The van der Waals surface area contributed by atoms with E-state index in [0.717, 1.165) is 31.1 Å². The number of furan rings is 1. The van der Waals surface area contributed by atoms with E-state index in [2.05, 4.69) is 10.1 Å². The number of aromatic amines is 2. The van der Waals surface area contributed by atoms with Crippen molar-refractivity contribution in [3.8, 4) is 22.6 Å². The minimum Gasteiger partial charge on any atom is -0.504 e. The quantitative estimate of drug-likeness (QED) is 0.369. The first kappa shape index (κ1) is 19.7. The van der Waals surface area contributed by atoms with Crippen LogP contribution in [0.1, 0.15) is 38.1 Å². The van der Waals surface area contributed by atoms with Crippen LogP contribution in [0.4, 0.5) is 0 Å². The summed E-state index contributed by atoms with van der Waals surface area (Å²) in [5, 5.41) is 14.4. The normalized spacial score (nSPS) is 15.1. The number of aromatic hydroxyl groups is 1. The molecule has 168 valence electrons. The van der Waals surface area contributed by atoms with Crippen molar-refractivity contribution in [2.45, 2.75) is 38.1 Å². The molecule has 6 rings (SSSR count). The molecule has 0 atom stereocenters. The molecular formula is C25H23N3O5. The number of fused-ring (bicyclic) bond motifs is 4. The Labute approximate surface area is 187 Å². The van der Waals surface area contributed by atoms with E-state index in [1.807, 2.05) is 4.68 Å². The molecule has 0 unspecified atom stereocenters. The molecular weight excluding hydrogens is 422 g/mol. The van der Waals surface area contributed by atoms with Gasteiger partial charge in [0.2, 0.25) is 0 Å². The molecule has 1 fully saturated rings. The number of phenols is 1. The number of hydrogen-bond donors (Lipinski definition) is 3. The molecule has 8 nitrogen and oxygen atoms in total. The van der Waals surface area contributed by atoms with E-state index in [4.69, 9.17) is 9.15 Å². The van der Waals surface area contributed by atoms with Gasteiger partial charge in [-0.15, -0.1) is 0 Å². The lowest BCUT2D eigenvalue weighted by molar-refractivity contribution is 0.335. The van der Waals surface area contributed by atoms with Crippen molar-refractivity contribution < 1.29 is 14.3 Å². The third-order valence-electron chi connectivity index (χ3n) is 6.72. The molecule has 0 spiro atoms. The van der Waals surface area contributed by atoms with Crippen molar-refractivity contribution in [2.24, 2.45) is 0 Å². The molecule has 5 aromatic rings. The van der Waals surface area contributed by atoms with Crippen LogP contribution in [0.25, 0.3) is 44.2 Å². The molecule has 3 heterocycles. The molecule has 1 saturated carbocycles. The Morgan fingerprint density at radius 1 is 1.09 bits per heavy atom. The molecule has 0 amide bonds. The number of ether oxygens (including phenoxy) is 1. The van der Waals surface area contributed by atoms with Gasteiger partial charge in [-0.3, -0.25) is 19.4 Å². The van der Waals surface area contributed by atoms with E-state index >= 15 is 0 Å². The average Bonchev–Trinajstić information content (AvgIpc) is 3.35. The highest BCUT2D eigenvalue weighted by atomic mass is 16.5. The van der Waals surface area contributed by atoms with Gasteiger partial charge in [0, 0.05) is 17.0 Å². The molecule has 2 aromatic carbocycles. The lowest BCUT2D eigenvalue weighted by atomic mass is 9.95. The van der Waals surface area contributed by atoms with Gasteiger partial charge >= 0.3 is 0 Å². The Morgan fingerprint density at radius 3 is 2.70 bits per heavy atom. The minimum atomic E-state index is -0.222. The first-order chi connectivity index (χ1) is 16.0. The van der Waals surface area contributed by atoms with Gasteiger partial charge < -0.3 is 19.2 Å². The maximum absolute atomic E-state index is 13.3. The van der Waals surface area contributed by atoms with Crippen LogP contribution in [0.3, 0.4) is 0 Å². The van der Waals surface area contributed by atoms with E-state index < -0.39 is 0 Å². The zero-order valence-electron chi connectivity index (χ0n) is 18.1. The van der Waals surface area contributed by atoms with Gasteiger partial charge in [-0.05, 0) is 42.7 Å². The number of pyridine rings is 1. The highest BCUT2D eigenvalue weighted by Gasteiger charge is 2.25. The van der Waals surface area contributed by atoms with Crippen LogP contribution in [0, 0.1) is 0 Å². The molecule has 0 radical (unpaired) electrons. The molecule has 1 aliphatic rings. The number of rotatable bonds is 3. The summed E-state index contributed by atoms with van der Waals surface area (Å²) >= 11 is 0. The summed E-state index contributed by atoms with van der Waals surface area (Å²) in [6.45, 7) is 0. The van der Waals surface area contributed by atoms with Crippen molar-refractivity contribution in [3.05, 3.63) is 57.0 Å². The summed E-state index contributed by atoms with van der Waals surface area (Å²) in [7, 11) is 1.48. The van der Waals surface area contributed by atoms with Gasteiger partial charge in [0.25, 0.3) is 5.56 Å². The van der Waals surface area contributed by atoms with Crippen molar-refractivity contribution in [3.63, 3.8) is 0 Å². The van der Waals surface area contributed by atoms with Gasteiger partial charge in [-0.2, -0.15) is 0 Å². The third kappa shape index (κ3) is 2.97. The maximum atomic E-state index is 13.3. The van der Waals surface area contributed by atoms with Crippen LogP contribution in [-0.2, 0) is 0 Å². The number of hydrogen-bond acceptors (Lipinski definition) is 5. The fraction of sp³-hybridized carbons (Fsp3) is 0.280. The van der Waals surface area contributed by atoms with Gasteiger partial charge in [-0.25, -0.2) is 0 Å². The van der Waals surface area contributed by atoms with E-state index in [1.165, 1.54) is 31.7 Å². The second kappa shape index (κ2) is 7.30. The Balaban J connectivity index is 1.76. The summed E-state index contributed by atoms with van der Waals surface area (Å²) in [6, 6.07) is 9.85. The summed E-state index contributed by atoms with van der Waals surface area (Å²) < 4.78 is 13.4. The van der Waals surface area contributed by atoms with Crippen LogP contribution in [-0.4, -0.2) is 27.0 Å². The molecule has 0 aliphatic heterocycles. The number of nitrogens with one attached hydrogen (secondary N) is 2. The number of nitrogens with zero attached hydrogens (tertiary/aromatic N) is 1. The van der Waals surface area contributed by atoms with Crippen LogP contribution in [0.2, 0.25) is 0 Å². The van der Waals surface area contributed by atoms with Crippen LogP contribution < -0.4 is 15.7 Å². The summed E-state index contributed by atoms with van der Waals surface area (Å²) in [4.78, 5) is 28.7. The fourth-order valence-corrected chi connectivity index (χ4v) is 5.13. The fourth-order valence-electron chi connectivity index (χ4n) is 5.13. The first-order valence-corrected chi connectivity index (χ1v) is 11.2. The number of methoxy groups -OCH3 is 1. The lowest BCUT2D eigenvalue weighted by Gasteiger charge is -2.23. The summed E-state index contributed by atoms with van der Waals surface area (Å²) in [6.07, 6.45) is 5.45. The van der Waals surface area contributed by atoms with Crippen molar-refractivity contribution >= 4 is 33.1 Å². The van der Waals surface area contributed by atoms with Gasteiger partial charge in [-0.1, -0.05) is 25.3 Å². The van der Waals surface area contributed by atoms with E-state index in [0.29, 0.717) is 44.6 Å². The predicted molar refractivity (Wildman–Crippen MR) is 126 cm³/mol. The molecule has 0 saturated heterocycles. The van der Waals surface area contributed by atoms with E-state index in [-0.39, 0.29) is 22.8 Å². The van der Waals surface area contributed by atoms with E-state index in [9.17, 15) is 14.7 Å². The third-order valence-corrected chi connectivity index (χ3v) is 6.72. The Bertz CT molecular complexity index is 1650. The predicted octanol–water partition coefficient (Wildman–Crippen LogP) is 4.80. The highest BCUT2D eigenvalue weighted by Crippen LogP contribution is 2.41. The van der Waals surface area contributed by atoms with Gasteiger partial charge in [0.05, 0.1) is 24.1 Å². The highest BCUT2D eigenvalue weighted by molar-refractivity contribution is 6.14. The van der Waals surface area contributed by atoms with Crippen LogP contribution in [0.5, 0.6) is 11.5 Å². The van der Waals surface area contributed by atoms with Crippen molar-refractivity contribution in [1.82, 2.24) is 14.8 Å². The molecule has 3 N–H and O–H groups in total. The standard InChI is InChI=1S/C25H23N3O5/c1-32-19-11-13(7-10-17(19)30)20-21-24(28(27-25(21)31)14-5-3-2-4-6-14)26-22-16-9-8-15(29)12-18(16)33-23(20)22/h7-12,14,26,30H,2-6H2,1H3,(H,27,31). The Morgan fingerprint density at radius 2 is 1.91 bits per heavy atom. The minimum absolute atomic E-state index is 0.00511. The average molecular weight is 445 g/mol. The van der Waals surface area contributed by atoms with Crippen molar-refractivity contribution in [2.75, 3.05) is 7.11 Å².